The number of benzene rings is 1. The van der Waals surface area contributed by atoms with Crippen LogP contribution >= 0.6 is 11.3 Å². The third-order valence-corrected chi connectivity index (χ3v) is 5.32. The van der Waals surface area contributed by atoms with Crippen molar-refractivity contribution in [1.29, 1.82) is 0 Å². The van der Waals surface area contributed by atoms with Gasteiger partial charge in [-0.05, 0) is 48.4 Å². The van der Waals surface area contributed by atoms with Crippen molar-refractivity contribution in [1.82, 2.24) is 4.90 Å². The van der Waals surface area contributed by atoms with Crippen molar-refractivity contribution < 1.29 is 18.8 Å². The number of furan rings is 1. The van der Waals surface area contributed by atoms with Crippen molar-refractivity contribution in [3.63, 3.8) is 0 Å². The van der Waals surface area contributed by atoms with E-state index >= 15 is 0 Å². The summed E-state index contributed by atoms with van der Waals surface area (Å²) >= 11 is 1.19. The minimum absolute atomic E-state index is 0.0140. The molecule has 0 fully saturated rings. The number of likely N-dealkylation sites (N-methyl/N-ethyl adjacent to an activating group) is 1. The zero-order valence-electron chi connectivity index (χ0n) is 16.3. The van der Waals surface area contributed by atoms with Crippen molar-refractivity contribution >= 4 is 39.7 Å². The van der Waals surface area contributed by atoms with Crippen molar-refractivity contribution in [2.24, 2.45) is 0 Å². The lowest BCUT2D eigenvalue weighted by molar-refractivity contribution is -0.127. The number of rotatable bonds is 6. The number of carbonyl (C=O) groups is 3. The predicted molar refractivity (Wildman–Crippen MR) is 113 cm³/mol. The quantitative estimate of drug-likeness (QED) is 0.646. The van der Waals surface area contributed by atoms with E-state index in [1.54, 1.807) is 44.4 Å². The SMILES string of the molecule is Cc1cc(NC(=O)c2ccco2)sc1C(=O)Nc1ccc(CC(=O)N(C)C)cc1. The number of aryl methyl sites for hydroxylation is 1. The van der Waals surface area contributed by atoms with Crippen LogP contribution in [0.2, 0.25) is 0 Å². The molecule has 8 heteroatoms. The highest BCUT2D eigenvalue weighted by atomic mass is 32.1. The zero-order valence-corrected chi connectivity index (χ0v) is 17.1. The molecule has 0 aliphatic rings. The van der Waals surface area contributed by atoms with E-state index in [1.807, 2.05) is 19.1 Å². The van der Waals surface area contributed by atoms with E-state index in [0.717, 1.165) is 11.1 Å². The maximum atomic E-state index is 12.6. The van der Waals surface area contributed by atoms with Gasteiger partial charge >= 0.3 is 0 Å². The number of carbonyl (C=O) groups excluding carboxylic acids is 3. The van der Waals surface area contributed by atoms with Gasteiger partial charge in [-0.15, -0.1) is 11.3 Å². The Bertz CT molecular complexity index is 1020. The Morgan fingerprint density at radius 3 is 2.38 bits per heavy atom. The Morgan fingerprint density at radius 1 is 1.03 bits per heavy atom. The van der Waals surface area contributed by atoms with Crippen LogP contribution in [0.15, 0.2) is 53.1 Å². The predicted octanol–water partition coefficient (Wildman–Crippen LogP) is 3.78. The number of thiophene rings is 1. The summed E-state index contributed by atoms with van der Waals surface area (Å²) in [6.45, 7) is 1.81. The van der Waals surface area contributed by atoms with Gasteiger partial charge in [0.1, 0.15) is 0 Å². The summed E-state index contributed by atoms with van der Waals surface area (Å²) in [5.41, 5.74) is 2.26. The molecule has 2 aromatic heterocycles. The molecule has 150 valence electrons. The number of anilines is 2. The summed E-state index contributed by atoms with van der Waals surface area (Å²) in [7, 11) is 3.43. The number of nitrogens with zero attached hydrogens (tertiary/aromatic N) is 1. The molecule has 0 radical (unpaired) electrons. The molecule has 3 aromatic rings. The number of hydrogen-bond acceptors (Lipinski definition) is 5. The molecule has 3 amide bonds. The van der Waals surface area contributed by atoms with E-state index in [-0.39, 0.29) is 23.5 Å². The first-order valence-electron chi connectivity index (χ1n) is 8.89. The molecular weight excluding hydrogens is 390 g/mol. The molecular formula is C21H21N3O4S. The van der Waals surface area contributed by atoms with Gasteiger partial charge in [0.15, 0.2) is 5.76 Å². The molecule has 0 atom stereocenters. The Morgan fingerprint density at radius 2 is 1.76 bits per heavy atom. The summed E-state index contributed by atoms with van der Waals surface area (Å²) in [5.74, 6) is -0.413. The Balaban J connectivity index is 1.64. The second kappa shape index (κ2) is 8.74. The van der Waals surface area contributed by atoms with E-state index in [4.69, 9.17) is 4.42 Å². The summed E-state index contributed by atoms with van der Waals surface area (Å²) in [4.78, 5) is 38.5. The molecule has 0 saturated heterocycles. The largest absolute Gasteiger partial charge is 0.459 e. The molecule has 0 aliphatic heterocycles. The summed E-state index contributed by atoms with van der Waals surface area (Å²) in [5, 5.41) is 6.13. The average Bonchev–Trinajstić information content (AvgIpc) is 3.33. The normalized spacial score (nSPS) is 10.4. The van der Waals surface area contributed by atoms with Gasteiger partial charge in [0.2, 0.25) is 5.91 Å². The molecule has 0 bridgehead atoms. The van der Waals surface area contributed by atoms with Gasteiger partial charge < -0.3 is 20.0 Å². The Hall–Kier alpha value is -3.39. The van der Waals surface area contributed by atoms with Crippen LogP contribution in [0.1, 0.15) is 31.4 Å². The molecule has 29 heavy (non-hydrogen) atoms. The van der Waals surface area contributed by atoms with Crippen LogP contribution in [0.5, 0.6) is 0 Å². The van der Waals surface area contributed by atoms with Crippen LogP contribution in [-0.2, 0) is 11.2 Å². The van der Waals surface area contributed by atoms with Gasteiger partial charge in [-0.1, -0.05) is 12.1 Å². The Kier molecular flexibility index (Phi) is 6.13. The van der Waals surface area contributed by atoms with Crippen LogP contribution in [0.4, 0.5) is 10.7 Å². The van der Waals surface area contributed by atoms with E-state index in [1.165, 1.54) is 22.5 Å². The highest BCUT2D eigenvalue weighted by Crippen LogP contribution is 2.28. The van der Waals surface area contributed by atoms with Crippen LogP contribution in [0, 0.1) is 6.92 Å². The maximum Gasteiger partial charge on any atom is 0.291 e. The highest BCUT2D eigenvalue weighted by Gasteiger charge is 2.17. The molecule has 3 rings (SSSR count). The van der Waals surface area contributed by atoms with Crippen molar-refractivity contribution in [3.05, 3.63) is 70.5 Å². The topological polar surface area (TPSA) is 91.6 Å². The number of hydrogen-bond donors (Lipinski definition) is 2. The lowest BCUT2D eigenvalue weighted by Crippen LogP contribution is -2.23. The molecule has 0 aliphatic carbocycles. The van der Waals surface area contributed by atoms with E-state index < -0.39 is 0 Å². The molecule has 2 heterocycles. The Labute approximate surface area is 172 Å². The highest BCUT2D eigenvalue weighted by molar-refractivity contribution is 7.18. The third-order valence-electron chi connectivity index (χ3n) is 4.17. The van der Waals surface area contributed by atoms with Gasteiger partial charge in [-0.2, -0.15) is 0 Å². The first-order valence-corrected chi connectivity index (χ1v) is 9.71. The van der Waals surface area contributed by atoms with E-state index in [2.05, 4.69) is 10.6 Å². The van der Waals surface area contributed by atoms with Crippen molar-refractivity contribution in [3.8, 4) is 0 Å². The van der Waals surface area contributed by atoms with E-state index in [0.29, 0.717) is 22.0 Å². The summed E-state index contributed by atoms with van der Waals surface area (Å²) < 4.78 is 5.07. The van der Waals surface area contributed by atoms with Crippen molar-refractivity contribution in [2.45, 2.75) is 13.3 Å². The summed E-state index contributed by atoms with van der Waals surface area (Å²) in [6, 6.07) is 12.1. The first-order chi connectivity index (χ1) is 13.8. The monoisotopic (exact) mass is 411 g/mol. The number of nitrogens with one attached hydrogen (secondary N) is 2. The maximum absolute atomic E-state index is 12.6. The lowest BCUT2D eigenvalue weighted by atomic mass is 10.1. The summed E-state index contributed by atoms with van der Waals surface area (Å²) in [6.07, 6.45) is 1.74. The van der Waals surface area contributed by atoms with Gasteiger partial charge in [0.25, 0.3) is 11.8 Å². The van der Waals surface area contributed by atoms with Crippen LogP contribution < -0.4 is 10.6 Å². The molecule has 0 spiro atoms. The minimum atomic E-state index is -0.369. The van der Waals surface area contributed by atoms with Crippen LogP contribution in [-0.4, -0.2) is 36.7 Å². The smallest absolute Gasteiger partial charge is 0.291 e. The first kappa shape index (κ1) is 20.3. The standard InChI is InChI=1S/C21H21N3O4S/c1-13-11-17(23-20(26)16-5-4-10-28-16)29-19(13)21(27)22-15-8-6-14(7-9-15)12-18(25)24(2)3/h4-11H,12H2,1-3H3,(H,22,27)(H,23,26). The third kappa shape index (κ3) is 5.11. The average molecular weight is 411 g/mol. The molecule has 2 N–H and O–H groups in total. The molecule has 0 saturated carbocycles. The lowest BCUT2D eigenvalue weighted by Gasteiger charge is -2.10. The second-order valence-corrected chi connectivity index (χ2v) is 7.72. The van der Waals surface area contributed by atoms with Gasteiger partial charge in [-0.25, -0.2) is 0 Å². The molecule has 7 nitrogen and oxygen atoms in total. The van der Waals surface area contributed by atoms with E-state index in [9.17, 15) is 14.4 Å². The molecule has 1 aromatic carbocycles. The minimum Gasteiger partial charge on any atom is -0.459 e. The van der Waals surface area contributed by atoms with Crippen LogP contribution in [0.3, 0.4) is 0 Å². The second-order valence-electron chi connectivity index (χ2n) is 6.67. The zero-order chi connectivity index (χ0) is 21.0. The van der Waals surface area contributed by atoms with Gasteiger partial charge in [-0.3, -0.25) is 14.4 Å². The fourth-order valence-corrected chi connectivity index (χ4v) is 3.54. The fraction of sp³-hybridized carbons (Fsp3) is 0.190. The van der Waals surface area contributed by atoms with Gasteiger partial charge in [0, 0.05) is 19.8 Å². The van der Waals surface area contributed by atoms with Crippen LogP contribution in [0.25, 0.3) is 0 Å². The molecule has 0 unspecified atom stereocenters. The number of amides is 3. The fourth-order valence-electron chi connectivity index (χ4n) is 2.58. The van der Waals surface area contributed by atoms with Gasteiger partial charge in [0.05, 0.1) is 22.6 Å². The van der Waals surface area contributed by atoms with Crippen molar-refractivity contribution in [2.75, 3.05) is 24.7 Å².